The van der Waals surface area contributed by atoms with Crippen molar-refractivity contribution < 1.29 is 13.2 Å². The van der Waals surface area contributed by atoms with E-state index in [1.165, 1.54) is 0 Å². The maximum atomic E-state index is 12.0. The van der Waals surface area contributed by atoms with Crippen LogP contribution in [0.3, 0.4) is 0 Å². The molecule has 2 aromatic carbocycles. The van der Waals surface area contributed by atoms with Crippen molar-refractivity contribution in [3.05, 3.63) is 60.7 Å². The molecule has 100 valence electrons. The number of ether oxygens (including phenoxy) is 1. The first-order chi connectivity index (χ1) is 9.18. The van der Waals surface area contributed by atoms with Crippen LogP contribution in [0.2, 0.25) is 5.32 Å². The summed E-state index contributed by atoms with van der Waals surface area (Å²) < 4.78 is 29.5. The summed E-state index contributed by atoms with van der Waals surface area (Å²) >= 11 is -0.497. The molecule has 0 spiro atoms. The zero-order valence-corrected chi connectivity index (χ0v) is 12.8. The third-order valence-electron chi connectivity index (χ3n) is 2.37. The predicted molar refractivity (Wildman–Crippen MR) is 76.1 cm³/mol. The van der Waals surface area contributed by atoms with Gasteiger partial charge in [-0.2, -0.15) is 0 Å². The van der Waals surface area contributed by atoms with Crippen LogP contribution in [0.4, 0.5) is 0 Å². The van der Waals surface area contributed by atoms with Crippen LogP contribution < -0.4 is 4.74 Å². The first-order valence-corrected chi connectivity index (χ1v) is 10.5. The quantitative estimate of drug-likeness (QED) is 0.599. The minimum atomic E-state index is -3.13. The molecule has 0 unspecified atom stereocenters. The monoisotopic (exact) mass is 342 g/mol. The van der Waals surface area contributed by atoms with E-state index in [0.717, 1.165) is 5.75 Å². The second-order valence-electron chi connectivity index (χ2n) is 3.75. The van der Waals surface area contributed by atoms with E-state index in [9.17, 15) is 8.42 Å². The molecule has 0 N–H and O–H groups in total. The molecule has 5 heteroatoms. The number of para-hydroxylation sites is 1. The van der Waals surface area contributed by atoms with E-state index >= 15 is 0 Å². The maximum absolute atomic E-state index is 12.0. The molecule has 3 nitrogen and oxygen atoms in total. The molecule has 0 aliphatic heterocycles. The van der Waals surface area contributed by atoms with Crippen molar-refractivity contribution in [2.45, 2.75) is 10.2 Å². The molecule has 0 saturated carbocycles. The number of benzene rings is 2. The summed E-state index contributed by atoms with van der Waals surface area (Å²) in [5, 5.41) is 0.541. The van der Waals surface area contributed by atoms with Gasteiger partial charge in [-0.15, -0.1) is 0 Å². The molecule has 2 aromatic rings. The Morgan fingerprint density at radius 3 is 2.11 bits per heavy atom. The summed E-state index contributed by atoms with van der Waals surface area (Å²) in [6.45, 7) is 0.427. The summed E-state index contributed by atoms with van der Waals surface area (Å²) in [6, 6.07) is 18.0. The summed E-state index contributed by atoms with van der Waals surface area (Å²) in [4.78, 5) is 0.398. The van der Waals surface area contributed by atoms with Gasteiger partial charge < -0.3 is 0 Å². The summed E-state index contributed by atoms with van der Waals surface area (Å²) in [7, 11) is -3.13. The average molecular weight is 341 g/mol. The molecule has 0 aliphatic rings. The Morgan fingerprint density at radius 1 is 0.895 bits per heavy atom. The van der Waals surface area contributed by atoms with Gasteiger partial charge in [0.1, 0.15) is 0 Å². The fourth-order valence-electron chi connectivity index (χ4n) is 1.48. The van der Waals surface area contributed by atoms with Crippen LogP contribution in [0, 0.1) is 0 Å². The molecule has 0 atom stereocenters. The third kappa shape index (κ3) is 4.39. The molecule has 0 saturated heterocycles. The van der Waals surface area contributed by atoms with E-state index in [1.54, 1.807) is 24.3 Å². The van der Waals surface area contributed by atoms with Gasteiger partial charge in [0.05, 0.1) is 0 Å². The van der Waals surface area contributed by atoms with Crippen LogP contribution in [0.15, 0.2) is 65.6 Å². The number of hydrogen-bond acceptors (Lipinski definition) is 3. The van der Waals surface area contributed by atoms with Crippen LogP contribution in [-0.2, 0) is 8.26 Å². The van der Waals surface area contributed by atoms with Crippen molar-refractivity contribution in [2.24, 2.45) is 0 Å². The van der Waals surface area contributed by atoms with E-state index in [-0.39, 0.29) is 0 Å². The van der Waals surface area contributed by atoms with Crippen molar-refractivity contribution in [3.8, 4) is 5.75 Å². The van der Waals surface area contributed by atoms with Gasteiger partial charge in [-0.1, -0.05) is 0 Å². The van der Waals surface area contributed by atoms with Crippen LogP contribution in [0.1, 0.15) is 0 Å². The van der Waals surface area contributed by atoms with Gasteiger partial charge >= 0.3 is 118 Å². The van der Waals surface area contributed by atoms with Crippen molar-refractivity contribution in [2.75, 3.05) is 6.61 Å². The van der Waals surface area contributed by atoms with Crippen LogP contribution in [0.25, 0.3) is 0 Å². The van der Waals surface area contributed by atoms with Gasteiger partial charge in [-0.25, -0.2) is 0 Å². The zero-order chi connectivity index (χ0) is 13.6. The van der Waals surface area contributed by atoms with E-state index in [2.05, 4.69) is 0 Å². The van der Waals surface area contributed by atoms with Crippen molar-refractivity contribution >= 4 is 22.1 Å². The first kappa shape index (κ1) is 14.1. The Balaban J connectivity index is 1.83. The number of rotatable bonds is 6. The normalized spacial score (nSPS) is 11.2. The number of hydrogen-bond donors (Lipinski definition) is 0. The van der Waals surface area contributed by atoms with Gasteiger partial charge in [-0.3, -0.25) is 0 Å². The first-order valence-electron chi connectivity index (χ1n) is 5.81. The Labute approximate surface area is 118 Å². The molecule has 19 heavy (non-hydrogen) atoms. The molecular formula is C14H14O3SSe. The minimum absolute atomic E-state index is 0.398. The van der Waals surface area contributed by atoms with Gasteiger partial charge in [0.15, 0.2) is 0 Å². The van der Waals surface area contributed by atoms with Crippen LogP contribution >= 0.6 is 0 Å². The molecule has 0 radical (unpaired) electrons. The zero-order valence-electron chi connectivity index (χ0n) is 10.2. The molecule has 0 amide bonds. The molecule has 0 fully saturated rings. The van der Waals surface area contributed by atoms with Crippen LogP contribution in [-0.4, -0.2) is 28.9 Å². The molecule has 0 heterocycles. The Hall–Kier alpha value is -1.29. The second-order valence-corrected chi connectivity index (χ2v) is 10.5. The summed E-state index contributed by atoms with van der Waals surface area (Å²) in [5.74, 6) is 0.774. The van der Waals surface area contributed by atoms with Gasteiger partial charge in [-0.05, 0) is 0 Å². The molecule has 0 aliphatic carbocycles. The summed E-state index contributed by atoms with van der Waals surface area (Å²) in [5.41, 5.74) is 0. The van der Waals surface area contributed by atoms with E-state index in [0.29, 0.717) is 16.8 Å². The molecule has 0 bridgehead atoms. The fraction of sp³-hybridized carbons (Fsp3) is 0.143. The molecule has 0 aromatic heterocycles. The average Bonchev–Trinajstić information content (AvgIpc) is 2.46. The van der Waals surface area contributed by atoms with Gasteiger partial charge in [0.25, 0.3) is 0 Å². The molecular weight excluding hydrogens is 327 g/mol. The Kier molecular flexibility index (Phi) is 5.02. The van der Waals surface area contributed by atoms with Crippen molar-refractivity contribution in [3.63, 3.8) is 0 Å². The topological polar surface area (TPSA) is 43.4 Å². The predicted octanol–water partition coefficient (Wildman–Crippen LogP) is 2.58. The Bertz CT molecular complexity index is 597. The SMILES string of the molecule is O=S(=O)([Se]CCOc1ccccc1)c1ccccc1. The third-order valence-corrected chi connectivity index (χ3v) is 8.26. The Morgan fingerprint density at radius 2 is 1.47 bits per heavy atom. The van der Waals surface area contributed by atoms with Gasteiger partial charge in [0.2, 0.25) is 0 Å². The van der Waals surface area contributed by atoms with E-state index in [1.807, 2.05) is 36.4 Å². The van der Waals surface area contributed by atoms with Crippen LogP contribution in [0.5, 0.6) is 5.75 Å². The molecule has 2 rings (SSSR count). The van der Waals surface area contributed by atoms with E-state index in [4.69, 9.17) is 4.74 Å². The van der Waals surface area contributed by atoms with Gasteiger partial charge in [0, 0.05) is 0 Å². The van der Waals surface area contributed by atoms with E-state index < -0.39 is 22.1 Å². The fourth-order valence-corrected chi connectivity index (χ4v) is 5.93. The summed E-state index contributed by atoms with van der Waals surface area (Å²) in [6.07, 6.45) is 0. The second kappa shape index (κ2) is 6.75. The standard InChI is InChI=1S/C14H14O3SSe/c15-18(16,14-9-5-2-6-10-14)19-12-11-17-13-7-3-1-4-8-13/h1-10H,11-12H2. The van der Waals surface area contributed by atoms with Crippen molar-refractivity contribution in [1.82, 2.24) is 0 Å². The van der Waals surface area contributed by atoms with Crippen molar-refractivity contribution in [1.29, 1.82) is 0 Å².